The highest BCUT2D eigenvalue weighted by Crippen LogP contribution is 2.43. The standard InChI is InChI=1S/C22H23N3O4/c1-2-29-22(26)24-12-9-16(10-13-24)20-19-14-18(25(27)28)8-7-15(19)5-6-17-4-3-11-23-21(17)20/h3-8,11,14,16,20H,2,9-10,12-13H2,1H3. The molecule has 7 nitrogen and oxygen atoms in total. The Morgan fingerprint density at radius 3 is 2.72 bits per heavy atom. The van der Waals surface area contributed by atoms with Crippen molar-refractivity contribution in [2.24, 2.45) is 5.92 Å². The largest absolute Gasteiger partial charge is 0.450 e. The van der Waals surface area contributed by atoms with Crippen LogP contribution in [-0.4, -0.2) is 40.6 Å². The fraction of sp³-hybridized carbons (Fsp3) is 0.364. The maximum Gasteiger partial charge on any atom is 0.409 e. The summed E-state index contributed by atoms with van der Waals surface area (Å²) in [5, 5.41) is 11.4. The van der Waals surface area contributed by atoms with Gasteiger partial charge in [0.2, 0.25) is 0 Å². The lowest BCUT2D eigenvalue weighted by atomic mass is 9.76. The Balaban J connectivity index is 1.71. The van der Waals surface area contributed by atoms with E-state index >= 15 is 0 Å². The zero-order chi connectivity index (χ0) is 20.4. The van der Waals surface area contributed by atoms with E-state index in [-0.39, 0.29) is 28.5 Å². The molecular weight excluding hydrogens is 370 g/mol. The van der Waals surface area contributed by atoms with E-state index in [4.69, 9.17) is 4.74 Å². The number of nitro groups is 1. The Labute approximate surface area is 169 Å². The van der Waals surface area contributed by atoms with Gasteiger partial charge in [0.1, 0.15) is 0 Å². The Morgan fingerprint density at radius 2 is 2.00 bits per heavy atom. The van der Waals surface area contributed by atoms with Crippen LogP contribution < -0.4 is 0 Å². The van der Waals surface area contributed by atoms with Crippen molar-refractivity contribution in [1.29, 1.82) is 0 Å². The lowest BCUT2D eigenvalue weighted by Crippen LogP contribution is -2.40. The molecule has 1 aliphatic carbocycles. The molecule has 2 heterocycles. The summed E-state index contributed by atoms with van der Waals surface area (Å²) in [6, 6.07) is 8.98. The van der Waals surface area contributed by atoms with Crippen LogP contribution in [0.3, 0.4) is 0 Å². The van der Waals surface area contributed by atoms with Gasteiger partial charge in [0.05, 0.1) is 17.2 Å². The minimum Gasteiger partial charge on any atom is -0.450 e. The summed E-state index contributed by atoms with van der Waals surface area (Å²) in [6.07, 6.45) is 7.12. The first-order chi connectivity index (χ1) is 14.1. The molecule has 4 rings (SSSR count). The monoisotopic (exact) mass is 393 g/mol. The highest BCUT2D eigenvalue weighted by molar-refractivity contribution is 5.76. The molecule has 150 valence electrons. The zero-order valence-electron chi connectivity index (χ0n) is 16.3. The summed E-state index contributed by atoms with van der Waals surface area (Å²) in [5.74, 6) is 0.176. The molecule has 1 aromatic heterocycles. The summed E-state index contributed by atoms with van der Waals surface area (Å²) in [4.78, 5) is 29.5. The molecule has 0 radical (unpaired) electrons. The fourth-order valence-electron chi connectivity index (χ4n) is 4.36. The predicted molar refractivity (Wildman–Crippen MR) is 109 cm³/mol. The second-order valence-corrected chi connectivity index (χ2v) is 7.38. The normalized spacial score (nSPS) is 18.5. The third-order valence-electron chi connectivity index (χ3n) is 5.76. The van der Waals surface area contributed by atoms with E-state index in [9.17, 15) is 14.9 Å². The summed E-state index contributed by atoms with van der Waals surface area (Å²) in [5.41, 5.74) is 3.97. The number of nitro benzene ring substituents is 1. The maximum atomic E-state index is 12.1. The van der Waals surface area contributed by atoms with Crippen LogP contribution in [0.1, 0.15) is 48.1 Å². The van der Waals surface area contributed by atoms with Crippen LogP contribution in [0.5, 0.6) is 0 Å². The van der Waals surface area contributed by atoms with Crippen LogP contribution >= 0.6 is 0 Å². The Hall–Kier alpha value is -3.22. The summed E-state index contributed by atoms with van der Waals surface area (Å²) in [7, 11) is 0. The van der Waals surface area contributed by atoms with Crippen molar-refractivity contribution in [1.82, 2.24) is 9.88 Å². The van der Waals surface area contributed by atoms with Gasteiger partial charge in [0.15, 0.2) is 0 Å². The van der Waals surface area contributed by atoms with E-state index in [2.05, 4.69) is 4.98 Å². The van der Waals surface area contributed by atoms with E-state index in [1.165, 1.54) is 0 Å². The van der Waals surface area contributed by atoms with Gasteiger partial charge in [-0.2, -0.15) is 0 Å². The van der Waals surface area contributed by atoms with Crippen LogP contribution in [0.4, 0.5) is 10.5 Å². The first-order valence-electron chi connectivity index (χ1n) is 9.91. The molecule has 1 fully saturated rings. The Bertz CT molecular complexity index is 964. The molecule has 1 aromatic carbocycles. The Morgan fingerprint density at radius 1 is 1.24 bits per heavy atom. The zero-order valence-corrected chi connectivity index (χ0v) is 16.3. The molecule has 29 heavy (non-hydrogen) atoms. The quantitative estimate of drug-likeness (QED) is 0.567. The molecule has 1 atom stereocenters. The number of non-ortho nitro benzene ring substituents is 1. The van der Waals surface area contributed by atoms with E-state index in [0.717, 1.165) is 35.2 Å². The molecule has 2 aromatic rings. The van der Waals surface area contributed by atoms with E-state index in [1.807, 2.05) is 30.4 Å². The number of benzene rings is 1. The van der Waals surface area contributed by atoms with Crippen molar-refractivity contribution in [3.8, 4) is 0 Å². The minimum absolute atomic E-state index is 0.0551. The third-order valence-corrected chi connectivity index (χ3v) is 5.76. The topological polar surface area (TPSA) is 85.6 Å². The summed E-state index contributed by atoms with van der Waals surface area (Å²) in [6.45, 7) is 3.39. The molecular formula is C22H23N3O4. The van der Waals surface area contributed by atoms with E-state index in [1.54, 1.807) is 30.2 Å². The summed E-state index contributed by atoms with van der Waals surface area (Å²) >= 11 is 0. The maximum absolute atomic E-state index is 12.1. The lowest BCUT2D eigenvalue weighted by Gasteiger charge is -2.36. The van der Waals surface area contributed by atoms with Gasteiger partial charge < -0.3 is 9.64 Å². The molecule has 0 saturated carbocycles. The van der Waals surface area contributed by atoms with Gasteiger partial charge in [-0.15, -0.1) is 0 Å². The number of rotatable bonds is 3. The number of hydrogen-bond acceptors (Lipinski definition) is 5. The Kier molecular flexibility index (Phi) is 5.29. The number of fused-ring (bicyclic) bond motifs is 2. The van der Waals surface area contributed by atoms with Crippen molar-refractivity contribution >= 4 is 23.9 Å². The third kappa shape index (κ3) is 3.72. The van der Waals surface area contributed by atoms with E-state index in [0.29, 0.717) is 19.7 Å². The number of likely N-dealkylation sites (tertiary alicyclic amines) is 1. The molecule has 1 unspecified atom stereocenters. The van der Waals surface area contributed by atoms with Gasteiger partial charge in [0, 0.05) is 37.3 Å². The average molecular weight is 393 g/mol. The molecule has 0 spiro atoms. The molecule has 2 aliphatic rings. The van der Waals surface area contributed by atoms with Gasteiger partial charge in [0.25, 0.3) is 5.69 Å². The highest BCUT2D eigenvalue weighted by atomic mass is 16.6. The lowest BCUT2D eigenvalue weighted by molar-refractivity contribution is -0.384. The molecule has 7 heteroatoms. The smallest absolute Gasteiger partial charge is 0.409 e. The van der Waals surface area contributed by atoms with Crippen LogP contribution in [0, 0.1) is 16.0 Å². The van der Waals surface area contributed by atoms with Crippen LogP contribution in [0.15, 0.2) is 36.5 Å². The molecule has 0 N–H and O–H groups in total. The number of carbonyl (C=O) groups excluding carboxylic acids is 1. The summed E-state index contributed by atoms with van der Waals surface area (Å²) < 4.78 is 5.13. The molecule has 0 bridgehead atoms. The van der Waals surface area contributed by atoms with Gasteiger partial charge in [-0.1, -0.05) is 18.2 Å². The van der Waals surface area contributed by atoms with Crippen LogP contribution in [-0.2, 0) is 4.74 Å². The SMILES string of the molecule is CCOC(=O)N1CCC(C2c3cc([N+](=O)[O-])ccc3C=Cc3cccnc32)CC1. The highest BCUT2D eigenvalue weighted by Gasteiger charge is 2.35. The first-order valence-corrected chi connectivity index (χ1v) is 9.91. The van der Waals surface area contributed by atoms with Crippen LogP contribution in [0.25, 0.3) is 12.2 Å². The predicted octanol–water partition coefficient (Wildman–Crippen LogP) is 4.47. The molecule has 1 amide bonds. The number of hydrogen-bond donors (Lipinski definition) is 0. The van der Waals surface area contributed by atoms with Gasteiger partial charge in [-0.3, -0.25) is 15.1 Å². The average Bonchev–Trinajstić information content (AvgIpc) is 2.90. The number of aromatic nitrogens is 1. The van der Waals surface area contributed by atoms with E-state index < -0.39 is 0 Å². The number of pyridine rings is 1. The number of amides is 1. The number of piperidine rings is 1. The van der Waals surface area contributed by atoms with Crippen molar-refractivity contribution in [2.45, 2.75) is 25.7 Å². The molecule has 1 aliphatic heterocycles. The van der Waals surface area contributed by atoms with Gasteiger partial charge in [-0.25, -0.2) is 4.79 Å². The van der Waals surface area contributed by atoms with Crippen molar-refractivity contribution < 1.29 is 14.5 Å². The van der Waals surface area contributed by atoms with Gasteiger partial charge >= 0.3 is 6.09 Å². The first kappa shape index (κ1) is 19.1. The van der Waals surface area contributed by atoms with Crippen molar-refractivity contribution in [2.75, 3.05) is 19.7 Å². The fourth-order valence-corrected chi connectivity index (χ4v) is 4.36. The number of nitrogens with zero attached hydrogens (tertiary/aromatic N) is 3. The van der Waals surface area contributed by atoms with Crippen molar-refractivity contribution in [3.05, 3.63) is 69.0 Å². The van der Waals surface area contributed by atoms with Gasteiger partial charge in [-0.05, 0) is 54.5 Å². The minimum atomic E-state index is -0.353. The number of carbonyl (C=O) groups is 1. The second-order valence-electron chi connectivity index (χ2n) is 7.38. The van der Waals surface area contributed by atoms with Crippen molar-refractivity contribution in [3.63, 3.8) is 0 Å². The second kappa shape index (κ2) is 8.03. The molecule has 1 saturated heterocycles. The number of ether oxygens (including phenoxy) is 1. The van der Waals surface area contributed by atoms with Crippen LogP contribution in [0.2, 0.25) is 0 Å².